The van der Waals surface area contributed by atoms with E-state index in [9.17, 15) is 4.79 Å². The Balaban J connectivity index is 1.98. The number of amides is 1. The number of rotatable bonds is 3. The van der Waals surface area contributed by atoms with Gasteiger partial charge in [0, 0.05) is 17.7 Å². The average Bonchev–Trinajstić information content (AvgIpc) is 2.52. The Kier molecular flexibility index (Phi) is 2.71. The van der Waals surface area contributed by atoms with Gasteiger partial charge < -0.3 is 10.1 Å². The average molecular weight is 223 g/mol. The normalized spacial score (nSPS) is 17.9. The molecule has 2 heterocycles. The van der Waals surface area contributed by atoms with Crippen molar-refractivity contribution in [3.05, 3.63) is 17.0 Å². The van der Waals surface area contributed by atoms with E-state index >= 15 is 0 Å². The molecule has 0 saturated carbocycles. The van der Waals surface area contributed by atoms with E-state index < -0.39 is 0 Å². The fraction of sp³-hybridized carbons (Fsp3) is 0.636. The molecule has 0 atom stereocenters. The van der Waals surface area contributed by atoms with Crippen molar-refractivity contribution in [2.45, 2.75) is 20.8 Å². The lowest BCUT2D eigenvalue weighted by atomic mass is 9.88. The van der Waals surface area contributed by atoms with Gasteiger partial charge >= 0.3 is 0 Å². The van der Waals surface area contributed by atoms with Crippen LogP contribution in [0.2, 0.25) is 0 Å². The highest BCUT2D eigenvalue weighted by atomic mass is 16.5. The molecule has 5 nitrogen and oxygen atoms in total. The zero-order chi connectivity index (χ0) is 11.8. The zero-order valence-electron chi connectivity index (χ0n) is 9.89. The van der Waals surface area contributed by atoms with Gasteiger partial charge in [-0.25, -0.2) is 0 Å². The van der Waals surface area contributed by atoms with E-state index in [0.717, 1.165) is 24.6 Å². The molecule has 1 aliphatic heterocycles. The second-order valence-corrected chi connectivity index (χ2v) is 4.80. The van der Waals surface area contributed by atoms with Crippen LogP contribution in [0.4, 0.5) is 0 Å². The number of hydrogen-bond acceptors (Lipinski definition) is 3. The lowest BCUT2D eigenvalue weighted by molar-refractivity contribution is -0.0978. The molecule has 0 spiro atoms. The van der Waals surface area contributed by atoms with Crippen molar-refractivity contribution in [3.63, 3.8) is 0 Å². The number of hydrogen-bond donors (Lipinski definition) is 2. The van der Waals surface area contributed by atoms with Gasteiger partial charge in [-0.15, -0.1) is 0 Å². The highest BCUT2D eigenvalue weighted by Crippen LogP contribution is 2.25. The summed E-state index contributed by atoms with van der Waals surface area (Å²) in [5.41, 5.74) is 2.31. The van der Waals surface area contributed by atoms with Crippen LogP contribution >= 0.6 is 0 Å². The third-order valence-electron chi connectivity index (χ3n) is 2.93. The van der Waals surface area contributed by atoms with Crippen LogP contribution in [0.3, 0.4) is 0 Å². The Morgan fingerprint density at radius 1 is 1.56 bits per heavy atom. The van der Waals surface area contributed by atoms with Gasteiger partial charge in [-0.1, -0.05) is 6.92 Å². The van der Waals surface area contributed by atoms with Gasteiger partial charge in [-0.2, -0.15) is 5.10 Å². The van der Waals surface area contributed by atoms with Crippen LogP contribution in [0.15, 0.2) is 0 Å². The number of carbonyl (C=O) groups excluding carboxylic acids is 1. The number of ether oxygens (including phenoxy) is 1. The fourth-order valence-electron chi connectivity index (χ4n) is 1.82. The van der Waals surface area contributed by atoms with E-state index in [4.69, 9.17) is 4.74 Å². The molecule has 0 bridgehead atoms. The first-order chi connectivity index (χ1) is 7.52. The Morgan fingerprint density at radius 3 is 2.69 bits per heavy atom. The highest BCUT2D eigenvalue weighted by Gasteiger charge is 2.33. The molecule has 88 valence electrons. The lowest BCUT2D eigenvalue weighted by Gasteiger charge is -2.38. The van der Waals surface area contributed by atoms with Gasteiger partial charge in [0.2, 0.25) is 0 Å². The highest BCUT2D eigenvalue weighted by molar-refractivity contribution is 5.96. The molecule has 2 rings (SSSR count). The number of H-pyrrole nitrogens is 1. The molecule has 2 N–H and O–H groups in total. The van der Waals surface area contributed by atoms with E-state index in [1.807, 2.05) is 13.8 Å². The number of aryl methyl sites for hydroxylation is 2. The summed E-state index contributed by atoms with van der Waals surface area (Å²) in [5.74, 6) is -0.0584. The summed E-state index contributed by atoms with van der Waals surface area (Å²) in [6.45, 7) is 7.87. The van der Waals surface area contributed by atoms with Crippen LogP contribution in [0.5, 0.6) is 0 Å². The number of carbonyl (C=O) groups is 1. The van der Waals surface area contributed by atoms with Crippen molar-refractivity contribution in [3.8, 4) is 0 Å². The molecule has 1 amide bonds. The van der Waals surface area contributed by atoms with Crippen molar-refractivity contribution < 1.29 is 9.53 Å². The van der Waals surface area contributed by atoms with E-state index in [0.29, 0.717) is 12.1 Å². The second-order valence-electron chi connectivity index (χ2n) is 4.80. The zero-order valence-corrected chi connectivity index (χ0v) is 9.89. The third kappa shape index (κ3) is 1.95. The minimum Gasteiger partial charge on any atom is -0.380 e. The number of nitrogens with one attached hydrogen (secondary N) is 2. The van der Waals surface area contributed by atoms with Gasteiger partial charge in [-0.3, -0.25) is 9.89 Å². The van der Waals surface area contributed by atoms with Gasteiger partial charge in [0.15, 0.2) is 0 Å². The van der Waals surface area contributed by atoms with E-state index in [-0.39, 0.29) is 11.3 Å². The van der Waals surface area contributed by atoms with Gasteiger partial charge in [0.05, 0.1) is 24.5 Å². The minimum absolute atomic E-state index is 0.0584. The van der Waals surface area contributed by atoms with E-state index in [1.54, 1.807) is 0 Å². The monoisotopic (exact) mass is 223 g/mol. The molecule has 1 fully saturated rings. The smallest absolute Gasteiger partial charge is 0.255 e. The molecule has 0 radical (unpaired) electrons. The minimum atomic E-state index is -0.0584. The van der Waals surface area contributed by atoms with Crippen LogP contribution in [-0.4, -0.2) is 35.9 Å². The number of nitrogens with zero attached hydrogens (tertiary/aromatic N) is 1. The maximum Gasteiger partial charge on any atom is 0.255 e. The summed E-state index contributed by atoms with van der Waals surface area (Å²) < 4.78 is 5.14. The SMILES string of the molecule is Cc1n[nH]c(C)c1C(=O)NCC1(C)COC1. The Hall–Kier alpha value is -1.36. The molecule has 0 unspecified atom stereocenters. The first-order valence-corrected chi connectivity index (χ1v) is 5.39. The van der Waals surface area contributed by atoms with Gasteiger partial charge in [0.1, 0.15) is 0 Å². The van der Waals surface area contributed by atoms with Crippen molar-refractivity contribution in [1.29, 1.82) is 0 Å². The summed E-state index contributed by atoms with van der Waals surface area (Å²) >= 11 is 0. The molecule has 1 aromatic heterocycles. The Labute approximate surface area is 94.6 Å². The largest absolute Gasteiger partial charge is 0.380 e. The molecule has 0 aromatic carbocycles. The van der Waals surface area contributed by atoms with Crippen LogP contribution in [-0.2, 0) is 4.74 Å². The van der Waals surface area contributed by atoms with Crippen molar-refractivity contribution in [1.82, 2.24) is 15.5 Å². The summed E-state index contributed by atoms with van der Waals surface area (Å²) in [4.78, 5) is 11.9. The molecule has 1 saturated heterocycles. The first-order valence-electron chi connectivity index (χ1n) is 5.39. The molecular weight excluding hydrogens is 206 g/mol. The molecule has 1 aromatic rings. The molecule has 5 heteroatoms. The molecule has 1 aliphatic rings. The van der Waals surface area contributed by atoms with E-state index in [2.05, 4.69) is 22.4 Å². The Bertz CT molecular complexity index is 388. The number of aromatic amines is 1. The Morgan fingerprint density at radius 2 is 2.25 bits per heavy atom. The van der Waals surface area contributed by atoms with Crippen LogP contribution in [0.1, 0.15) is 28.7 Å². The molecule has 0 aliphatic carbocycles. The topological polar surface area (TPSA) is 67.0 Å². The third-order valence-corrected chi connectivity index (χ3v) is 2.93. The van der Waals surface area contributed by atoms with Crippen LogP contribution in [0, 0.1) is 19.3 Å². The fourth-order valence-corrected chi connectivity index (χ4v) is 1.82. The first kappa shape index (κ1) is 11.1. The van der Waals surface area contributed by atoms with Gasteiger partial charge in [0.25, 0.3) is 5.91 Å². The number of aromatic nitrogens is 2. The maximum absolute atomic E-state index is 11.9. The van der Waals surface area contributed by atoms with Crippen molar-refractivity contribution >= 4 is 5.91 Å². The quantitative estimate of drug-likeness (QED) is 0.796. The van der Waals surface area contributed by atoms with Crippen LogP contribution in [0.25, 0.3) is 0 Å². The van der Waals surface area contributed by atoms with Gasteiger partial charge in [-0.05, 0) is 13.8 Å². The molecular formula is C11H17N3O2. The van der Waals surface area contributed by atoms with Crippen LogP contribution < -0.4 is 5.32 Å². The predicted molar refractivity (Wildman–Crippen MR) is 59.3 cm³/mol. The maximum atomic E-state index is 11.9. The summed E-state index contributed by atoms with van der Waals surface area (Å²) in [6.07, 6.45) is 0. The standard InChI is InChI=1S/C11H17N3O2/c1-7-9(8(2)14-13-7)10(15)12-4-11(3)5-16-6-11/h4-6H2,1-3H3,(H,12,15)(H,13,14). The summed E-state index contributed by atoms with van der Waals surface area (Å²) in [7, 11) is 0. The summed E-state index contributed by atoms with van der Waals surface area (Å²) in [5, 5.41) is 9.74. The van der Waals surface area contributed by atoms with E-state index in [1.165, 1.54) is 0 Å². The summed E-state index contributed by atoms with van der Waals surface area (Å²) in [6, 6.07) is 0. The molecule has 16 heavy (non-hydrogen) atoms. The predicted octanol–water partition coefficient (Wildman–Crippen LogP) is 0.793. The van der Waals surface area contributed by atoms with Crippen molar-refractivity contribution in [2.75, 3.05) is 19.8 Å². The lowest BCUT2D eigenvalue weighted by Crippen LogP contribution is -2.48. The second kappa shape index (κ2) is 3.90. The van der Waals surface area contributed by atoms with Crippen molar-refractivity contribution in [2.24, 2.45) is 5.41 Å².